The summed E-state index contributed by atoms with van der Waals surface area (Å²) in [5.41, 5.74) is 8.94. The third-order valence-corrected chi connectivity index (χ3v) is 3.50. The third-order valence-electron chi connectivity index (χ3n) is 2.90. The number of amides is 1. The van der Waals surface area contributed by atoms with Crippen LogP contribution in [0.25, 0.3) is 0 Å². The Morgan fingerprint density at radius 1 is 1.53 bits per heavy atom. The molecule has 1 unspecified atom stereocenters. The van der Waals surface area contributed by atoms with E-state index in [-0.39, 0.29) is 11.6 Å². The summed E-state index contributed by atoms with van der Waals surface area (Å²) in [6, 6.07) is 2.63. The van der Waals surface area contributed by atoms with E-state index in [0.29, 0.717) is 11.3 Å². The van der Waals surface area contributed by atoms with Gasteiger partial charge in [0.05, 0.1) is 17.2 Å². The Morgan fingerprint density at radius 2 is 2.26 bits per heavy atom. The Bertz CT molecular complexity index is 598. The average Bonchev–Trinajstić information content (AvgIpc) is 2.88. The van der Waals surface area contributed by atoms with Gasteiger partial charge in [-0.15, -0.1) is 11.3 Å². The van der Waals surface area contributed by atoms with Gasteiger partial charge in [-0.25, -0.2) is 9.37 Å². The van der Waals surface area contributed by atoms with Gasteiger partial charge in [0.15, 0.2) is 0 Å². The molecule has 0 saturated heterocycles. The highest BCUT2D eigenvalue weighted by molar-refractivity contribution is 7.07. The largest absolute Gasteiger partial charge is 0.377 e. The predicted octanol–water partition coefficient (Wildman–Crippen LogP) is 2.86. The molecule has 0 aliphatic heterocycles. The van der Waals surface area contributed by atoms with Crippen LogP contribution < -0.4 is 11.1 Å². The van der Waals surface area contributed by atoms with Crippen molar-refractivity contribution in [3.05, 3.63) is 45.7 Å². The minimum absolute atomic E-state index is 0.0764. The van der Waals surface area contributed by atoms with Crippen LogP contribution in [0.4, 0.5) is 10.1 Å². The van der Waals surface area contributed by atoms with Crippen LogP contribution in [0.15, 0.2) is 23.0 Å². The van der Waals surface area contributed by atoms with Crippen molar-refractivity contribution in [1.29, 1.82) is 0 Å². The number of primary amides is 1. The van der Waals surface area contributed by atoms with E-state index in [9.17, 15) is 9.18 Å². The highest BCUT2D eigenvalue weighted by Crippen LogP contribution is 2.25. The van der Waals surface area contributed by atoms with Crippen LogP contribution in [0.3, 0.4) is 0 Å². The second-order valence-electron chi connectivity index (χ2n) is 4.27. The molecule has 0 aliphatic carbocycles. The zero-order valence-electron chi connectivity index (χ0n) is 10.6. The van der Waals surface area contributed by atoms with Crippen LogP contribution in [0.5, 0.6) is 0 Å². The predicted molar refractivity (Wildman–Crippen MR) is 73.8 cm³/mol. The number of hydrogen-bond donors (Lipinski definition) is 2. The standard InChI is InChI=1S/C13H14FN3OS/c1-7-10(14)3-9(13(15)18)4-11(7)17-8(2)12-5-19-6-16-12/h3-6,8,17H,1-2H3,(H2,15,18). The second-order valence-corrected chi connectivity index (χ2v) is 4.99. The number of nitrogens with two attached hydrogens (primary N) is 1. The summed E-state index contributed by atoms with van der Waals surface area (Å²) in [7, 11) is 0. The molecule has 0 aliphatic rings. The maximum Gasteiger partial charge on any atom is 0.248 e. The zero-order chi connectivity index (χ0) is 14.0. The van der Waals surface area contributed by atoms with E-state index in [0.717, 1.165) is 11.8 Å². The Morgan fingerprint density at radius 3 is 2.84 bits per heavy atom. The van der Waals surface area contributed by atoms with Gasteiger partial charge >= 0.3 is 0 Å². The number of nitrogens with one attached hydrogen (secondary N) is 1. The molecule has 3 N–H and O–H groups in total. The third kappa shape index (κ3) is 2.90. The summed E-state index contributed by atoms with van der Waals surface area (Å²) < 4.78 is 13.7. The van der Waals surface area contributed by atoms with Crippen LogP contribution in [0.2, 0.25) is 0 Å². The number of aromatic nitrogens is 1. The lowest BCUT2D eigenvalue weighted by atomic mass is 10.1. The van der Waals surface area contributed by atoms with E-state index in [4.69, 9.17) is 5.73 Å². The number of carbonyl (C=O) groups excluding carboxylic acids is 1. The molecule has 0 spiro atoms. The summed E-state index contributed by atoms with van der Waals surface area (Å²) in [6.45, 7) is 3.57. The van der Waals surface area contributed by atoms with Crippen LogP contribution in [0, 0.1) is 12.7 Å². The fraction of sp³-hybridized carbons (Fsp3) is 0.231. The molecule has 2 aromatic rings. The average molecular weight is 279 g/mol. The van der Waals surface area contributed by atoms with E-state index in [2.05, 4.69) is 10.3 Å². The number of halogens is 1. The molecular formula is C13H14FN3OS. The molecule has 1 aromatic carbocycles. The van der Waals surface area contributed by atoms with Gasteiger partial charge in [0.25, 0.3) is 0 Å². The van der Waals surface area contributed by atoms with Gasteiger partial charge in [-0.05, 0) is 26.0 Å². The number of benzene rings is 1. The molecular weight excluding hydrogens is 265 g/mol. The molecule has 19 heavy (non-hydrogen) atoms. The molecule has 0 fully saturated rings. The van der Waals surface area contributed by atoms with Gasteiger partial charge < -0.3 is 11.1 Å². The molecule has 6 heteroatoms. The van der Waals surface area contributed by atoms with E-state index in [1.807, 2.05) is 12.3 Å². The zero-order valence-corrected chi connectivity index (χ0v) is 11.4. The highest BCUT2D eigenvalue weighted by Gasteiger charge is 2.13. The highest BCUT2D eigenvalue weighted by atomic mass is 32.1. The quantitative estimate of drug-likeness (QED) is 0.904. The van der Waals surface area contributed by atoms with Gasteiger partial charge in [0, 0.05) is 22.2 Å². The minimum Gasteiger partial charge on any atom is -0.377 e. The van der Waals surface area contributed by atoms with E-state index < -0.39 is 11.7 Å². The Labute approximate surface area is 114 Å². The van der Waals surface area contributed by atoms with Crippen molar-refractivity contribution < 1.29 is 9.18 Å². The van der Waals surface area contributed by atoms with Crippen LogP contribution in [-0.2, 0) is 0 Å². The molecule has 1 amide bonds. The summed E-state index contributed by atoms with van der Waals surface area (Å²) in [6.07, 6.45) is 0. The smallest absolute Gasteiger partial charge is 0.248 e. The maximum atomic E-state index is 13.7. The first-order valence-electron chi connectivity index (χ1n) is 5.73. The summed E-state index contributed by atoms with van der Waals surface area (Å²) in [5, 5.41) is 5.06. The lowest BCUT2D eigenvalue weighted by Crippen LogP contribution is -2.14. The number of carbonyl (C=O) groups is 1. The van der Waals surface area contributed by atoms with Crippen molar-refractivity contribution >= 4 is 22.9 Å². The lowest BCUT2D eigenvalue weighted by Gasteiger charge is -2.16. The normalized spacial score (nSPS) is 12.2. The van der Waals surface area contributed by atoms with E-state index in [1.54, 1.807) is 18.5 Å². The number of rotatable bonds is 4. The molecule has 2 rings (SSSR count). The Kier molecular flexibility index (Phi) is 3.80. The van der Waals surface area contributed by atoms with E-state index >= 15 is 0 Å². The molecule has 100 valence electrons. The molecule has 0 saturated carbocycles. The molecule has 0 bridgehead atoms. The van der Waals surface area contributed by atoms with Crippen molar-refractivity contribution in [3.8, 4) is 0 Å². The Balaban J connectivity index is 2.31. The summed E-state index contributed by atoms with van der Waals surface area (Å²) in [4.78, 5) is 15.3. The van der Waals surface area contributed by atoms with Crippen molar-refractivity contribution in [1.82, 2.24) is 4.98 Å². The monoisotopic (exact) mass is 279 g/mol. The van der Waals surface area contributed by atoms with Crippen molar-refractivity contribution in [2.45, 2.75) is 19.9 Å². The number of anilines is 1. The topological polar surface area (TPSA) is 68.0 Å². The number of hydrogen-bond acceptors (Lipinski definition) is 4. The van der Waals surface area contributed by atoms with E-state index in [1.165, 1.54) is 11.3 Å². The molecule has 1 heterocycles. The first-order chi connectivity index (χ1) is 8.99. The molecule has 1 atom stereocenters. The minimum atomic E-state index is -0.650. The SMILES string of the molecule is Cc1c(F)cc(C(N)=O)cc1NC(C)c1cscn1. The fourth-order valence-corrected chi connectivity index (χ4v) is 2.36. The second kappa shape index (κ2) is 5.36. The molecule has 0 radical (unpaired) electrons. The molecule has 1 aromatic heterocycles. The van der Waals surface area contributed by atoms with Gasteiger partial charge in [0.1, 0.15) is 5.82 Å². The van der Waals surface area contributed by atoms with Gasteiger partial charge in [-0.2, -0.15) is 0 Å². The first-order valence-corrected chi connectivity index (χ1v) is 6.68. The van der Waals surface area contributed by atoms with Gasteiger partial charge in [-0.1, -0.05) is 0 Å². The Hall–Kier alpha value is -1.95. The van der Waals surface area contributed by atoms with Crippen molar-refractivity contribution in [2.24, 2.45) is 5.73 Å². The van der Waals surface area contributed by atoms with Crippen molar-refractivity contribution in [3.63, 3.8) is 0 Å². The van der Waals surface area contributed by atoms with Crippen LogP contribution >= 0.6 is 11.3 Å². The maximum absolute atomic E-state index is 13.7. The van der Waals surface area contributed by atoms with Crippen LogP contribution in [-0.4, -0.2) is 10.9 Å². The molecule has 4 nitrogen and oxygen atoms in total. The summed E-state index contributed by atoms with van der Waals surface area (Å²) in [5.74, 6) is -1.10. The summed E-state index contributed by atoms with van der Waals surface area (Å²) >= 11 is 1.49. The lowest BCUT2D eigenvalue weighted by molar-refractivity contribution is 0.1000. The first kappa shape index (κ1) is 13.5. The van der Waals surface area contributed by atoms with Gasteiger partial charge in [-0.3, -0.25) is 4.79 Å². The fourth-order valence-electron chi connectivity index (χ4n) is 1.71. The number of thiazole rings is 1. The van der Waals surface area contributed by atoms with Gasteiger partial charge in [0.2, 0.25) is 5.91 Å². The number of nitrogens with zero attached hydrogens (tertiary/aromatic N) is 1. The van der Waals surface area contributed by atoms with Crippen molar-refractivity contribution in [2.75, 3.05) is 5.32 Å². The van der Waals surface area contributed by atoms with Crippen LogP contribution in [0.1, 0.15) is 34.6 Å².